The van der Waals surface area contributed by atoms with E-state index in [1.54, 1.807) is 0 Å². The first-order valence-corrected chi connectivity index (χ1v) is 18.3. The Morgan fingerprint density at radius 2 is 1.25 bits per heavy atom. The fraction of sp³-hybridized carbons (Fsp3) is 0.917. The number of carbonyl (C=O) groups is 3. The Hall–Kier alpha value is -1.95. The van der Waals surface area contributed by atoms with Crippen LogP contribution in [-0.4, -0.2) is 128 Å². The molecule has 300 valence electrons. The molecule has 51 heavy (non-hydrogen) atoms. The maximum atomic E-state index is 12.9. The lowest BCUT2D eigenvalue weighted by Crippen LogP contribution is -2.66. The molecule has 0 aliphatic carbocycles. The second-order valence-corrected chi connectivity index (χ2v) is 14.9. The Labute approximate surface area is 303 Å². The maximum absolute atomic E-state index is 12.9. The van der Waals surface area contributed by atoms with E-state index >= 15 is 0 Å². The van der Waals surface area contributed by atoms with Gasteiger partial charge in [-0.25, -0.2) is 4.79 Å². The van der Waals surface area contributed by atoms with Gasteiger partial charge in [0.05, 0.1) is 5.92 Å². The molecule has 2 aliphatic rings. The normalized spacial score (nSPS) is 30.3. The van der Waals surface area contributed by atoms with Crippen molar-refractivity contribution in [1.29, 1.82) is 0 Å². The van der Waals surface area contributed by atoms with Crippen LogP contribution >= 0.6 is 0 Å². The zero-order valence-electron chi connectivity index (χ0n) is 30.2. The van der Waals surface area contributed by atoms with Crippen LogP contribution in [0, 0.1) is 11.3 Å². The standard InChI is InChI=1S/C35H63NO14.CH4/c1-5-6-7-8-9-10-11-12-13-16-19-47-33-26(41)24(39)27(29(50-33)32(45)46)48-34-25(40)22(37)23(38)28(49-34)30(42)36-18-15-14-17-21(31(43)44)20-35(2,3)4;/h21-29,33-34,37-41H,5-20H2,1-4H3,(H,36,42)(H,43,44)(H,45,46);1H4/t21-,22+,23+,24-,25-,26-,27+,28+,29+,33-,34-;/m1./s1. The highest BCUT2D eigenvalue weighted by molar-refractivity contribution is 5.81. The topological polar surface area (TPSA) is 242 Å². The molecule has 0 aromatic rings. The largest absolute Gasteiger partial charge is 0.481 e. The van der Waals surface area contributed by atoms with Crippen LogP contribution in [0.4, 0.5) is 0 Å². The fourth-order valence-electron chi connectivity index (χ4n) is 6.33. The van der Waals surface area contributed by atoms with Gasteiger partial charge in [-0.1, -0.05) is 99.3 Å². The SMILES string of the molecule is C.CCCCCCCCCCCCO[C@@H]1O[C@H](C(=O)O)[C@@H](O[C@@H]2O[C@H](C(=O)NCCCC[C@H](CC(C)(C)C)C(=O)O)[C@@H](O)[C@H](O)[C@H]2O)[C@H](O)[C@H]1O. The molecule has 0 aromatic heterocycles. The van der Waals surface area contributed by atoms with Crippen molar-refractivity contribution in [2.75, 3.05) is 13.2 Å². The molecule has 15 heteroatoms. The number of ether oxygens (including phenoxy) is 4. The number of carboxylic acids is 2. The lowest BCUT2D eigenvalue weighted by molar-refractivity contribution is -0.349. The third-order valence-electron chi connectivity index (χ3n) is 9.17. The van der Waals surface area contributed by atoms with Gasteiger partial charge < -0.3 is 60.0 Å². The van der Waals surface area contributed by atoms with Gasteiger partial charge in [-0.3, -0.25) is 9.59 Å². The van der Waals surface area contributed by atoms with E-state index < -0.39 is 85.2 Å². The summed E-state index contributed by atoms with van der Waals surface area (Å²) >= 11 is 0. The van der Waals surface area contributed by atoms with Gasteiger partial charge in [0.2, 0.25) is 0 Å². The van der Waals surface area contributed by atoms with Crippen LogP contribution in [0.25, 0.3) is 0 Å². The van der Waals surface area contributed by atoms with Gasteiger partial charge in [-0.15, -0.1) is 0 Å². The van der Waals surface area contributed by atoms with E-state index in [0.717, 1.165) is 25.7 Å². The number of hydrogen-bond acceptors (Lipinski definition) is 12. The number of aliphatic carboxylic acids is 2. The molecular weight excluding hydrogens is 670 g/mol. The van der Waals surface area contributed by atoms with E-state index in [-0.39, 0.29) is 26.0 Å². The molecule has 2 fully saturated rings. The van der Waals surface area contributed by atoms with Crippen molar-refractivity contribution >= 4 is 17.8 Å². The predicted molar refractivity (Wildman–Crippen MR) is 186 cm³/mol. The summed E-state index contributed by atoms with van der Waals surface area (Å²) in [5, 5.41) is 75.0. The molecule has 2 saturated heterocycles. The van der Waals surface area contributed by atoms with Crippen molar-refractivity contribution in [1.82, 2.24) is 5.32 Å². The highest BCUT2D eigenvalue weighted by atomic mass is 16.7. The number of amides is 1. The van der Waals surface area contributed by atoms with Crippen molar-refractivity contribution in [2.24, 2.45) is 11.3 Å². The van der Waals surface area contributed by atoms with E-state index in [1.807, 2.05) is 20.8 Å². The van der Waals surface area contributed by atoms with Crippen LogP contribution in [-0.2, 0) is 33.3 Å². The number of aliphatic hydroxyl groups excluding tert-OH is 5. The Balaban J connectivity index is 0.0000130. The number of carbonyl (C=O) groups excluding carboxylic acids is 1. The minimum Gasteiger partial charge on any atom is -0.481 e. The Morgan fingerprint density at radius 1 is 0.706 bits per heavy atom. The predicted octanol–water partition coefficient (Wildman–Crippen LogP) is 2.71. The fourth-order valence-corrected chi connectivity index (χ4v) is 6.33. The number of nitrogens with one attached hydrogen (secondary N) is 1. The highest BCUT2D eigenvalue weighted by Crippen LogP contribution is 2.31. The van der Waals surface area contributed by atoms with Crippen LogP contribution in [0.1, 0.15) is 125 Å². The summed E-state index contributed by atoms with van der Waals surface area (Å²) in [7, 11) is 0. The second-order valence-electron chi connectivity index (χ2n) is 14.9. The highest BCUT2D eigenvalue weighted by Gasteiger charge is 2.53. The quantitative estimate of drug-likeness (QED) is 0.0704. The van der Waals surface area contributed by atoms with Crippen molar-refractivity contribution in [3.63, 3.8) is 0 Å². The molecule has 2 heterocycles. The summed E-state index contributed by atoms with van der Waals surface area (Å²) in [5.74, 6) is -3.86. The first-order valence-electron chi connectivity index (χ1n) is 18.3. The average molecular weight is 738 g/mol. The van der Waals surface area contributed by atoms with E-state index in [1.165, 1.54) is 32.1 Å². The van der Waals surface area contributed by atoms with Crippen LogP contribution < -0.4 is 5.32 Å². The Bertz CT molecular complexity index is 1010. The molecule has 0 aromatic carbocycles. The number of unbranched alkanes of at least 4 members (excludes halogenated alkanes) is 10. The summed E-state index contributed by atoms with van der Waals surface area (Å²) in [6.45, 7) is 8.31. The summed E-state index contributed by atoms with van der Waals surface area (Å²) in [6, 6.07) is 0. The van der Waals surface area contributed by atoms with Gasteiger partial charge in [0.15, 0.2) is 24.8 Å². The van der Waals surface area contributed by atoms with Crippen LogP contribution in [0.2, 0.25) is 0 Å². The zero-order chi connectivity index (χ0) is 37.4. The lowest BCUT2D eigenvalue weighted by Gasteiger charge is -2.45. The van der Waals surface area contributed by atoms with Gasteiger partial charge in [0.25, 0.3) is 5.91 Å². The molecule has 2 rings (SSSR count). The maximum Gasteiger partial charge on any atom is 0.335 e. The molecule has 11 atom stereocenters. The van der Waals surface area contributed by atoms with Gasteiger partial charge in [0, 0.05) is 13.2 Å². The molecule has 15 nitrogen and oxygen atoms in total. The smallest absolute Gasteiger partial charge is 0.335 e. The van der Waals surface area contributed by atoms with Crippen molar-refractivity contribution < 1.29 is 69.1 Å². The average Bonchev–Trinajstić information content (AvgIpc) is 3.04. The zero-order valence-corrected chi connectivity index (χ0v) is 30.2. The molecule has 1 amide bonds. The third kappa shape index (κ3) is 15.9. The van der Waals surface area contributed by atoms with E-state index in [0.29, 0.717) is 32.1 Å². The molecule has 0 spiro atoms. The van der Waals surface area contributed by atoms with E-state index in [4.69, 9.17) is 18.9 Å². The minimum absolute atomic E-state index is 0. The van der Waals surface area contributed by atoms with Crippen molar-refractivity contribution in [2.45, 2.75) is 186 Å². The minimum atomic E-state index is -1.96. The first-order chi connectivity index (χ1) is 23.6. The van der Waals surface area contributed by atoms with Gasteiger partial charge in [-0.2, -0.15) is 0 Å². The summed E-state index contributed by atoms with van der Waals surface area (Å²) in [4.78, 5) is 36.6. The first kappa shape index (κ1) is 47.1. The van der Waals surface area contributed by atoms with Crippen LogP contribution in [0.3, 0.4) is 0 Å². The van der Waals surface area contributed by atoms with E-state index in [9.17, 15) is 50.1 Å². The molecular formula is C36H67NO14. The Kier molecular flexibility index (Phi) is 21.8. The van der Waals surface area contributed by atoms with Gasteiger partial charge >= 0.3 is 11.9 Å². The van der Waals surface area contributed by atoms with Gasteiger partial charge in [0.1, 0.15) is 36.6 Å². The number of carboxylic acid groups (broad SMARTS) is 2. The third-order valence-corrected chi connectivity index (χ3v) is 9.17. The molecule has 0 saturated carbocycles. The number of aliphatic hydroxyl groups is 5. The molecule has 0 bridgehead atoms. The summed E-state index contributed by atoms with van der Waals surface area (Å²) in [5.41, 5.74) is -0.167. The molecule has 0 unspecified atom stereocenters. The second kappa shape index (κ2) is 23.7. The Morgan fingerprint density at radius 3 is 1.80 bits per heavy atom. The molecule has 0 radical (unpaired) electrons. The van der Waals surface area contributed by atoms with Crippen LogP contribution in [0.5, 0.6) is 0 Å². The van der Waals surface area contributed by atoms with E-state index in [2.05, 4.69) is 12.2 Å². The summed E-state index contributed by atoms with van der Waals surface area (Å²) in [6.07, 6.45) is -5.47. The monoisotopic (exact) mass is 737 g/mol. The van der Waals surface area contributed by atoms with Gasteiger partial charge in [-0.05, 0) is 31.1 Å². The summed E-state index contributed by atoms with van der Waals surface area (Å²) < 4.78 is 22.0. The lowest BCUT2D eigenvalue weighted by atomic mass is 9.82. The van der Waals surface area contributed by atoms with Crippen molar-refractivity contribution in [3.8, 4) is 0 Å². The molecule has 2 aliphatic heterocycles. The molecule has 8 N–H and O–H groups in total. The number of rotatable bonds is 23. The number of hydrogen-bond donors (Lipinski definition) is 8. The van der Waals surface area contributed by atoms with Crippen LogP contribution in [0.15, 0.2) is 0 Å². The van der Waals surface area contributed by atoms with Crippen molar-refractivity contribution in [3.05, 3.63) is 0 Å².